The molecule has 1 aliphatic rings. The smallest absolute Gasteiger partial charge is 0.0193 e. The normalized spacial score (nSPS) is 18.9. The van der Waals surface area contributed by atoms with Gasteiger partial charge in [-0.15, -0.1) is 0 Å². The monoisotopic (exact) mass is 214 g/mol. The summed E-state index contributed by atoms with van der Waals surface area (Å²) in [7, 11) is 0. The summed E-state index contributed by atoms with van der Waals surface area (Å²) in [4.78, 5) is 0. The van der Waals surface area contributed by atoms with Crippen molar-refractivity contribution < 1.29 is 0 Å². The highest BCUT2D eigenvalue weighted by Crippen LogP contribution is 2.32. The van der Waals surface area contributed by atoms with Gasteiger partial charge in [0.05, 0.1) is 0 Å². The first-order valence-electron chi connectivity index (χ1n) is 6.60. The SMILES string of the molecule is CCC/C(C)=C1/CCCCc2ccccc21. The predicted octanol–water partition coefficient (Wildman–Crippen LogP) is 4.99. The van der Waals surface area contributed by atoms with Gasteiger partial charge in [-0.3, -0.25) is 0 Å². The van der Waals surface area contributed by atoms with Gasteiger partial charge in [0.1, 0.15) is 0 Å². The van der Waals surface area contributed by atoms with E-state index < -0.39 is 0 Å². The minimum absolute atomic E-state index is 1.25. The van der Waals surface area contributed by atoms with Crippen molar-refractivity contribution >= 4 is 5.57 Å². The number of fused-ring (bicyclic) bond motifs is 1. The van der Waals surface area contributed by atoms with Gasteiger partial charge in [0, 0.05) is 0 Å². The summed E-state index contributed by atoms with van der Waals surface area (Å²) in [5, 5.41) is 0. The van der Waals surface area contributed by atoms with Crippen LogP contribution in [-0.4, -0.2) is 0 Å². The van der Waals surface area contributed by atoms with Crippen LogP contribution in [0.3, 0.4) is 0 Å². The van der Waals surface area contributed by atoms with Crippen LogP contribution in [0.15, 0.2) is 29.8 Å². The van der Waals surface area contributed by atoms with Crippen molar-refractivity contribution in [2.75, 3.05) is 0 Å². The molecule has 1 aromatic rings. The van der Waals surface area contributed by atoms with E-state index in [9.17, 15) is 0 Å². The van der Waals surface area contributed by atoms with Crippen LogP contribution in [-0.2, 0) is 6.42 Å². The highest BCUT2D eigenvalue weighted by Gasteiger charge is 2.13. The van der Waals surface area contributed by atoms with Crippen LogP contribution in [0.2, 0.25) is 0 Å². The van der Waals surface area contributed by atoms with Crippen LogP contribution in [0.4, 0.5) is 0 Å². The standard InChI is InChI=1S/C16H22/c1-3-8-13(2)15-11-6-4-9-14-10-5-7-12-16(14)15/h5,7,10,12H,3-4,6,8-9,11H2,1-2H3/b15-13-. The van der Waals surface area contributed by atoms with E-state index in [-0.39, 0.29) is 0 Å². The second-order valence-electron chi connectivity index (χ2n) is 4.87. The summed E-state index contributed by atoms with van der Waals surface area (Å²) in [5.41, 5.74) is 6.34. The molecule has 0 aromatic heterocycles. The van der Waals surface area contributed by atoms with Gasteiger partial charge < -0.3 is 0 Å². The van der Waals surface area contributed by atoms with Crippen LogP contribution in [0.25, 0.3) is 5.57 Å². The fourth-order valence-corrected chi connectivity index (χ4v) is 2.75. The molecule has 16 heavy (non-hydrogen) atoms. The summed E-state index contributed by atoms with van der Waals surface area (Å²) in [6, 6.07) is 8.98. The van der Waals surface area contributed by atoms with E-state index >= 15 is 0 Å². The molecule has 0 heteroatoms. The molecule has 0 N–H and O–H groups in total. The van der Waals surface area contributed by atoms with Crippen molar-refractivity contribution in [3.05, 3.63) is 41.0 Å². The third-order valence-corrected chi connectivity index (χ3v) is 3.61. The van der Waals surface area contributed by atoms with Crippen molar-refractivity contribution in [1.29, 1.82) is 0 Å². The Balaban J connectivity index is 2.43. The third-order valence-electron chi connectivity index (χ3n) is 3.61. The van der Waals surface area contributed by atoms with Gasteiger partial charge in [-0.1, -0.05) is 43.2 Å². The van der Waals surface area contributed by atoms with E-state index in [2.05, 4.69) is 38.1 Å². The molecular formula is C16H22. The molecule has 0 nitrogen and oxygen atoms in total. The molecule has 0 heterocycles. The Morgan fingerprint density at radius 3 is 2.69 bits per heavy atom. The average molecular weight is 214 g/mol. The van der Waals surface area contributed by atoms with Crippen LogP contribution in [0.1, 0.15) is 57.1 Å². The Hall–Kier alpha value is -1.04. The molecular weight excluding hydrogens is 192 g/mol. The lowest BCUT2D eigenvalue weighted by molar-refractivity contribution is 0.768. The van der Waals surface area contributed by atoms with Gasteiger partial charge in [0.25, 0.3) is 0 Å². The number of hydrogen-bond acceptors (Lipinski definition) is 0. The maximum atomic E-state index is 2.32. The lowest BCUT2D eigenvalue weighted by Crippen LogP contribution is -1.92. The minimum atomic E-state index is 1.25. The summed E-state index contributed by atoms with van der Waals surface area (Å²) in [6.07, 6.45) is 7.76. The summed E-state index contributed by atoms with van der Waals surface area (Å²) < 4.78 is 0. The molecule has 0 amide bonds. The average Bonchev–Trinajstić information content (AvgIpc) is 2.51. The Morgan fingerprint density at radius 2 is 1.88 bits per heavy atom. The fourth-order valence-electron chi connectivity index (χ4n) is 2.75. The number of allylic oxidation sites excluding steroid dienone is 2. The van der Waals surface area contributed by atoms with E-state index in [1.807, 2.05) is 0 Å². The molecule has 1 aliphatic carbocycles. The number of aryl methyl sites for hydroxylation is 1. The molecule has 0 radical (unpaired) electrons. The zero-order valence-electron chi connectivity index (χ0n) is 10.6. The highest BCUT2D eigenvalue weighted by atomic mass is 14.2. The van der Waals surface area contributed by atoms with E-state index in [4.69, 9.17) is 0 Å². The third kappa shape index (κ3) is 2.37. The minimum Gasteiger partial charge on any atom is -0.0695 e. The van der Waals surface area contributed by atoms with E-state index in [0.717, 1.165) is 0 Å². The highest BCUT2D eigenvalue weighted by molar-refractivity contribution is 5.71. The Labute approximate surface area is 99.4 Å². The van der Waals surface area contributed by atoms with Crippen LogP contribution in [0.5, 0.6) is 0 Å². The molecule has 0 atom stereocenters. The van der Waals surface area contributed by atoms with Crippen LogP contribution < -0.4 is 0 Å². The molecule has 2 rings (SSSR count). The number of rotatable bonds is 2. The number of hydrogen-bond donors (Lipinski definition) is 0. The van der Waals surface area contributed by atoms with E-state index in [1.165, 1.54) is 44.1 Å². The molecule has 0 saturated heterocycles. The van der Waals surface area contributed by atoms with Crippen molar-refractivity contribution in [3.63, 3.8) is 0 Å². The van der Waals surface area contributed by atoms with Crippen molar-refractivity contribution in [1.82, 2.24) is 0 Å². The molecule has 0 saturated carbocycles. The Bertz CT molecular complexity index is 385. The first-order valence-corrected chi connectivity index (χ1v) is 6.60. The largest absolute Gasteiger partial charge is 0.0695 e. The van der Waals surface area contributed by atoms with Gasteiger partial charge >= 0.3 is 0 Å². The van der Waals surface area contributed by atoms with Crippen LogP contribution >= 0.6 is 0 Å². The number of benzene rings is 1. The van der Waals surface area contributed by atoms with Gasteiger partial charge in [0.2, 0.25) is 0 Å². The van der Waals surface area contributed by atoms with Crippen molar-refractivity contribution in [3.8, 4) is 0 Å². The summed E-state index contributed by atoms with van der Waals surface area (Å²) >= 11 is 0. The van der Waals surface area contributed by atoms with Gasteiger partial charge in [-0.25, -0.2) is 0 Å². The van der Waals surface area contributed by atoms with E-state index in [0.29, 0.717) is 0 Å². The quantitative estimate of drug-likeness (QED) is 0.609. The Kier molecular flexibility index (Phi) is 3.82. The second kappa shape index (κ2) is 5.34. The summed E-state index contributed by atoms with van der Waals surface area (Å²) in [5.74, 6) is 0. The van der Waals surface area contributed by atoms with Gasteiger partial charge in [0.15, 0.2) is 0 Å². The van der Waals surface area contributed by atoms with Gasteiger partial charge in [-0.05, 0) is 55.7 Å². The molecule has 86 valence electrons. The molecule has 0 unspecified atom stereocenters. The lowest BCUT2D eigenvalue weighted by atomic mass is 9.93. The molecule has 1 aromatic carbocycles. The predicted molar refractivity (Wildman–Crippen MR) is 71.5 cm³/mol. The molecule has 0 spiro atoms. The topological polar surface area (TPSA) is 0 Å². The maximum absolute atomic E-state index is 2.32. The Morgan fingerprint density at radius 1 is 1.12 bits per heavy atom. The van der Waals surface area contributed by atoms with Gasteiger partial charge in [-0.2, -0.15) is 0 Å². The van der Waals surface area contributed by atoms with Crippen molar-refractivity contribution in [2.24, 2.45) is 0 Å². The zero-order valence-corrected chi connectivity index (χ0v) is 10.6. The lowest BCUT2D eigenvalue weighted by Gasteiger charge is -2.12. The maximum Gasteiger partial charge on any atom is -0.0193 e. The molecule has 0 aliphatic heterocycles. The zero-order chi connectivity index (χ0) is 11.4. The molecule has 0 fully saturated rings. The first-order chi connectivity index (χ1) is 7.83. The van der Waals surface area contributed by atoms with Crippen LogP contribution in [0, 0.1) is 0 Å². The fraction of sp³-hybridized carbons (Fsp3) is 0.500. The molecule has 0 bridgehead atoms. The van der Waals surface area contributed by atoms with Crippen molar-refractivity contribution in [2.45, 2.75) is 52.4 Å². The second-order valence-corrected chi connectivity index (χ2v) is 4.87. The van der Waals surface area contributed by atoms with E-state index in [1.54, 1.807) is 16.7 Å². The first kappa shape index (κ1) is 11.4. The summed E-state index contributed by atoms with van der Waals surface area (Å²) in [6.45, 7) is 4.59.